The van der Waals surface area contributed by atoms with Crippen LogP contribution in [0.5, 0.6) is 0 Å². The highest BCUT2D eigenvalue weighted by Crippen LogP contribution is 2.18. The molecule has 0 saturated carbocycles. The van der Waals surface area contributed by atoms with E-state index in [1.165, 1.54) is 12.1 Å². The number of benzene rings is 1. The first-order valence-corrected chi connectivity index (χ1v) is 4.55. The molecule has 2 N–H and O–H groups in total. The van der Waals surface area contributed by atoms with E-state index in [0.717, 1.165) is 10.9 Å². The first-order valence-electron chi connectivity index (χ1n) is 4.55. The third-order valence-electron chi connectivity index (χ3n) is 2.32. The number of aromatic nitrogens is 2. The van der Waals surface area contributed by atoms with E-state index in [4.69, 9.17) is 5.73 Å². The molecule has 0 fully saturated rings. The standard InChI is InChI=1S/C10H12FN3/c1-7(5-12)14-10-3-2-9(11)4-8(10)6-13-14/h2-4,6-7H,5,12H2,1H3. The van der Waals surface area contributed by atoms with Crippen molar-refractivity contribution in [1.82, 2.24) is 9.78 Å². The summed E-state index contributed by atoms with van der Waals surface area (Å²) in [7, 11) is 0. The van der Waals surface area contributed by atoms with Gasteiger partial charge in [0.2, 0.25) is 0 Å². The van der Waals surface area contributed by atoms with Crippen LogP contribution in [0.2, 0.25) is 0 Å². The van der Waals surface area contributed by atoms with Gasteiger partial charge in [-0.25, -0.2) is 4.39 Å². The number of hydrogen-bond donors (Lipinski definition) is 1. The zero-order chi connectivity index (χ0) is 10.1. The fourth-order valence-corrected chi connectivity index (χ4v) is 1.48. The monoisotopic (exact) mass is 193 g/mol. The Balaban J connectivity index is 2.58. The molecule has 2 aromatic rings. The molecular formula is C10H12FN3. The molecule has 1 aromatic carbocycles. The first kappa shape index (κ1) is 9.15. The SMILES string of the molecule is CC(CN)n1ncc2cc(F)ccc21. The van der Waals surface area contributed by atoms with E-state index in [2.05, 4.69) is 5.10 Å². The van der Waals surface area contributed by atoms with E-state index in [0.29, 0.717) is 6.54 Å². The lowest BCUT2D eigenvalue weighted by molar-refractivity contribution is 0.517. The Morgan fingerprint density at radius 2 is 2.36 bits per heavy atom. The molecule has 1 heterocycles. The molecule has 14 heavy (non-hydrogen) atoms. The third kappa shape index (κ3) is 1.37. The summed E-state index contributed by atoms with van der Waals surface area (Å²) in [6.45, 7) is 2.50. The molecule has 0 aliphatic heterocycles. The molecule has 4 heteroatoms. The van der Waals surface area contributed by atoms with Crippen molar-refractivity contribution in [3.05, 3.63) is 30.2 Å². The predicted molar refractivity (Wildman–Crippen MR) is 53.5 cm³/mol. The Morgan fingerprint density at radius 3 is 3.07 bits per heavy atom. The second-order valence-corrected chi connectivity index (χ2v) is 3.38. The number of nitrogens with two attached hydrogens (primary N) is 1. The van der Waals surface area contributed by atoms with Crippen LogP contribution in [0.25, 0.3) is 10.9 Å². The van der Waals surface area contributed by atoms with Crippen molar-refractivity contribution >= 4 is 10.9 Å². The zero-order valence-corrected chi connectivity index (χ0v) is 7.94. The van der Waals surface area contributed by atoms with Gasteiger partial charge in [0.15, 0.2) is 0 Å². The third-order valence-corrected chi connectivity index (χ3v) is 2.32. The van der Waals surface area contributed by atoms with Crippen molar-refractivity contribution < 1.29 is 4.39 Å². The molecule has 1 atom stereocenters. The highest BCUT2D eigenvalue weighted by atomic mass is 19.1. The average molecular weight is 193 g/mol. The van der Waals surface area contributed by atoms with Gasteiger partial charge < -0.3 is 5.73 Å². The molecule has 0 amide bonds. The van der Waals surface area contributed by atoms with Crippen LogP contribution in [-0.4, -0.2) is 16.3 Å². The van der Waals surface area contributed by atoms with Crippen molar-refractivity contribution in [3.8, 4) is 0 Å². The first-order chi connectivity index (χ1) is 6.72. The number of fused-ring (bicyclic) bond motifs is 1. The zero-order valence-electron chi connectivity index (χ0n) is 7.94. The van der Waals surface area contributed by atoms with Gasteiger partial charge in [-0.05, 0) is 25.1 Å². The summed E-state index contributed by atoms with van der Waals surface area (Å²) in [6.07, 6.45) is 1.66. The predicted octanol–water partition coefficient (Wildman–Crippen LogP) is 1.70. The Labute approximate surface area is 81.3 Å². The number of halogens is 1. The Kier molecular flexibility index (Phi) is 2.21. The Hall–Kier alpha value is -1.42. The van der Waals surface area contributed by atoms with Crippen LogP contribution in [0.1, 0.15) is 13.0 Å². The van der Waals surface area contributed by atoms with Crippen LogP contribution < -0.4 is 5.73 Å². The van der Waals surface area contributed by atoms with E-state index in [9.17, 15) is 4.39 Å². The summed E-state index contributed by atoms with van der Waals surface area (Å²) in [5.74, 6) is -0.238. The molecule has 2 rings (SSSR count). The molecular weight excluding hydrogens is 181 g/mol. The largest absolute Gasteiger partial charge is 0.328 e. The smallest absolute Gasteiger partial charge is 0.124 e. The molecule has 0 aliphatic carbocycles. The molecule has 0 bridgehead atoms. The normalized spacial score (nSPS) is 13.4. The Bertz CT molecular complexity index is 450. The van der Waals surface area contributed by atoms with Gasteiger partial charge in [-0.15, -0.1) is 0 Å². The van der Waals surface area contributed by atoms with Crippen LogP contribution in [-0.2, 0) is 0 Å². The van der Waals surface area contributed by atoms with E-state index in [-0.39, 0.29) is 11.9 Å². The van der Waals surface area contributed by atoms with E-state index in [1.807, 2.05) is 11.6 Å². The minimum absolute atomic E-state index is 0.137. The second kappa shape index (κ2) is 3.38. The summed E-state index contributed by atoms with van der Waals surface area (Å²) < 4.78 is 14.7. The fourth-order valence-electron chi connectivity index (χ4n) is 1.48. The summed E-state index contributed by atoms with van der Waals surface area (Å²) >= 11 is 0. The van der Waals surface area contributed by atoms with Gasteiger partial charge in [0.1, 0.15) is 5.82 Å². The number of nitrogens with zero attached hydrogens (tertiary/aromatic N) is 2. The summed E-state index contributed by atoms with van der Waals surface area (Å²) in [5.41, 5.74) is 6.47. The van der Waals surface area contributed by atoms with Crippen LogP contribution in [0, 0.1) is 5.82 Å². The maximum Gasteiger partial charge on any atom is 0.124 e. The lowest BCUT2D eigenvalue weighted by Gasteiger charge is -2.10. The quantitative estimate of drug-likeness (QED) is 0.788. The molecule has 0 aliphatic rings. The lowest BCUT2D eigenvalue weighted by atomic mass is 10.2. The molecule has 1 unspecified atom stereocenters. The van der Waals surface area contributed by atoms with Gasteiger partial charge in [-0.1, -0.05) is 0 Å². The Morgan fingerprint density at radius 1 is 1.57 bits per heavy atom. The van der Waals surface area contributed by atoms with Gasteiger partial charge in [-0.2, -0.15) is 5.10 Å². The molecule has 74 valence electrons. The molecule has 0 spiro atoms. The highest BCUT2D eigenvalue weighted by molar-refractivity contribution is 5.78. The molecule has 0 saturated heterocycles. The topological polar surface area (TPSA) is 43.8 Å². The maximum absolute atomic E-state index is 12.9. The second-order valence-electron chi connectivity index (χ2n) is 3.38. The molecule has 3 nitrogen and oxygen atoms in total. The minimum atomic E-state index is -0.238. The highest BCUT2D eigenvalue weighted by Gasteiger charge is 2.08. The minimum Gasteiger partial charge on any atom is -0.328 e. The van der Waals surface area contributed by atoms with Gasteiger partial charge >= 0.3 is 0 Å². The molecule has 0 radical (unpaired) electrons. The summed E-state index contributed by atoms with van der Waals surface area (Å²) in [5, 5.41) is 4.99. The van der Waals surface area contributed by atoms with Gasteiger partial charge in [0.25, 0.3) is 0 Å². The van der Waals surface area contributed by atoms with Gasteiger partial charge in [-0.3, -0.25) is 4.68 Å². The van der Waals surface area contributed by atoms with E-state index in [1.54, 1.807) is 12.3 Å². The van der Waals surface area contributed by atoms with Gasteiger partial charge in [0, 0.05) is 11.9 Å². The summed E-state index contributed by atoms with van der Waals surface area (Å²) in [6, 6.07) is 4.77. The van der Waals surface area contributed by atoms with Crippen LogP contribution >= 0.6 is 0 Å². The summed E-state index contributed by atoms with van der Waals surface area (Å²) in [4.78, 5) is 0. The molecule has 1 aromatic heterocycles. The average Bonchev–Trinajstić information content (AvgIpc) is 2.59. The van der Waals surface area contributed by atoms with Crippen molar-refractivity contribution in [1.29, 1.82) is 0 Å². The van der Waals surface area contributed by atoms with Crippen LogP contribution in [0.4, 0.5) is 4.39 Å². The van der Waals surface area contributed by atoms with Crippen molar-refractivity contribution in [2.24, 2.45) is 5.73 Å². The van der Waals surface area contributed by atoms with Crippen molar-refractivity contribution in [2.45, 2.75) is 13.0 Å². The van der Waals surface area contributed by atoms with Crippen LogP contribution in [0.3, 0.4) is 0 Å². The fraction of sp³-hybridized carbons (Fsp3) is 0.300. The van der Waals surface area contributed by atoms with E-state index < -0.39 is 0 Å². The number of rotatable bonds is 2. The number of hydrogen-bond acceptors (Lipinski definition) is 2. The van der Waals surface area contributed by atoms with E-state index >= 15 is 0 Å². The van der Waals surface area contributed by atoms with Crippen LogP contribution in [0.15, 0.2) is 24.4 Å². The van der Waals surface area contributed by atoms with Gasteiger partial charge in [0.05, 0.1) is 17.8 Å². The lowest BCUT2D eigenvalue weighted by Crippen LogP contribution is -2.16. The van der Waals surface area contributed by atoms with Crippen molar-refractivity contribution in [3.63, 3.8) is 0 Å². The van der Waals surface area contributed by atoms with Crippen molar-refractivity contribution in [2.75, 3.05) is 6.54 Å². The maximum atomic E-state index is 12.9.